The second-order valence-electron chi connectivity index (χ2n) is 5.47. The zero-order valence-corrected chi connectivity index (χ0v) is 11.1. The van der Waals surface area contributed by atoms with E-state index in [0.29, 0.717) is 11.5 Å². The number of hydrogen-bond donors (Lipinski definition) is 2. The molecule has 3 atom stereocenters. The van der Waals surface area contributed by atoms with Gasteiger partial charge in [-0.15, -0.1) is 0 Å². The van der Waals surface area contributed by atoms with Crippen LogP contribution in [0.3, 0.4) is 0 Å². The molecule has 3 unspecified atom stereocenters. The van der Waals surface area contributed by atoms with Crippen LogP contribution in [0, 0.1) is 18.7 Å². The van der Waals surface area contributed by atoms with Gasteiger partial charge in [-0.05, 0) is 62.8 Å². The lowest BCUT2D eigenvalue weighted by Gasteiger charge is -2.18. The normalized spacial score (nSPS) is 25.3. The van der Waals surface area contributed by atoms with E-state index in [2.05, 4.69) is 12.2 Å². The van der Waals surface area contributed by atoms with Crippen LogP contribution in [0.4, 0.5) is 4.39 Å². The van der Waals surface area contributed by atoms with Gasteiger partial charge in [0.25, 0.3) is 0 Å². The average molecular weight is 251 g/mol. The van der Waals surface area contributed by atoms with Crippen molar-refractivity contribution < 1.29 is 9.50 Å². The van der Waals surface area contributed by atoms with Gasteiger partial charge in [0, 0.05) is 6.04 Å². The Morgan fingerprint density at radius 2 is 2.22 bits per heavy atom. The summed E-state index contributed by atoms with van der Waals surface area (Å²) in [7, 11) is 0. The molecule has 18 heavy (non-hydrogen) atoms. The number of benzene rings is 1. The van der Waals surface area contributed by atoms with Crippen LogP contribution in [-0.4, -0.2) is 17.8 Å². The lowest BCUT2D eigenvalue weighted by molar-refractivity contribution is 0.177. The summed E-state index contributed by atoms with van der Waals surface area (Å²) in [5, 5.41) is 12.9. The van der Waals surface area contributed by atoms with Gasteiger partial charge in [-0.2, -0.15) is 0 Å². The van der Waals surface area contributed by atoms with E-state index in [1.807, 2.05) is 12.1 Å². The lowest BCUT2D eigenvalue weighted by Crippen LogP contribution is -2.25. The zero-order valence-electron chi connectivity index (χ0n) is 11.1. The van der Waals surface area contributed by atoms with E-state index in [9.17, 15) is 9.50 Å². The molecular formula is C15H22FNO. The molecule has 0 spiro atoms. The number of aliphatic hydroxyl groups excluding tert-OH is 1. The third-order valence-corrected chi connectivity index (χ3v) is 3.92. The summed E-state index contributed by atoms with van der Waals surface area (Å²) in [6.45, 7) is 4.72. The molecule has 1 fully saturated rings. The molecule has 2 nitrogen and oxygen atoms in total. The van der Waals surface area contributed by atoms with Crippen molar-refractivity contribution in [2.24, 2.45) is 5.92 Å². The molecule has 1 aliphatic rings. The number of rotatable bonds is 4. The smallest absolute Gasteiger partial charge is 0.126 e. The van der Waals surface area contributed by atoms with E-state index in [1.165, 1.54) is 0 Å². The Bertz CT molecular complexity index is 407. The Morgan fingerprint density at radius 1 is 1.44 bits per heavy atom. The molecule has 0 heterocycles. The summed E-state index contributed by atoms with van der Waals surface area (Å²) < 4.78 is 13.5. The van der Waals surface area contributed by atoms with Crippen LogP contribution in [0.5, 0.6) is 0 Å². The summed E-state index contributed by atoms with van der Waals surface area (Å²) in [6, 6.07) is 5.55. The van der Waals surface area contributed by atoms with Crippen molar-refractivity contribution in [3.63, 3.8) is 0 Å². The fourth-order valence-corrected chi connectivity index (χ4v) is 2.57. The van der Waals surface area contributed by atoms with Gasteiger partial charge in [0.05, 0.1) is 6.10 Å². The van der Waals surface area contributed by atoms with E-state index >= 15 is 0 Å². The predicted octanol–water partition coefficient (Wildman–Crippen LogP) is 2.95. The van der Waals surface area contributed by atoms with E-state index in [1.54, 1.807) is 13.0 Å². The second kappa shape index (κ2) is 5.81. The number of hydrogen-bond acceptors (Lipinski definition) is 2. The van der Waals surface area contributed by atoms with Crippen LogP contribution < -0.4 is 5.32 Å². The van der Waals surface area contributed by atoms with Crippen LogP contribution in [0.2, 0.25) is 0 Å². The molecule has 0 amide bonds. The minimum absolute atomic E-state index is 0.121. The number of aryl methyl sites for hydroxylation is 1. The highest BCUT2D eigenvalue weighted by Gasteiger charge is 2.22. The Kier molecular flexibility index (Phi) is 4.36. The summed E-state index contributed by atoms with van der Waals surface area (Å²) in [4.78, 5) is 0. The summed E-state index contributed by atoms with van der Waals surface area (Å²) in [5.74, 6) is 0.412. The third kappa shape index (κ3) is 3.30. The van der Waals surface area contributed by atoms with Crippen molar-refractivity contribution >= 4 is 0 Å². The Balaban J connectivity index is 1.87. The molecule has 0 aliphatic heterocycles. The minimum atomic E-state index is -0.141. The molecular weight excluding hydrogens is 229 g/mol. The maximum absolute atomic E-state index is 13.5. The van der Waals surface area contributed by atoms with Gasteiger partial charge in [-0.3, -0.25) is 0 Å². The first-order valence-electron chi connectivity index (χ1n) is 6.73. The van der Waals surface area contributed by atoms with Crippen LogP contribution in [-0.2, 0) is 0 Å². The first-order chi connectivity index (χ1) is 8.56. The van der Waals surface area contributed by atoms with Gasteiger partial charge in [0.15, 0.2) is 0 Å². The molecule has 0 radical (unpaired) electrons. The van der Waals surface area contributed by atoms with Crippen molar-refractivity contribution in [3.8, 4) is 0 Å². The fourth-order valence-electron chi connectivity index (χ4n) is 2.57. The van der Waals surface area contributed by atoms with E-state index in [0.717, 1.165) is 31.4 Å². The van der Waals surface area contributed by atoms with Gasteiger partial charge in [-0.25, -0.2) is 4.39 Å². The Labute approximate surface area is 108 Å². The molecule has 0 bridgehead atoms. The van der Waals surface area contributed by atoms with Crippen molar-refractivity contribution in [1.29, 1.82) is 0 Å². The van der Waals surface area contributed by atoms with Crippen LogP contribution in [0.15, 0.2) is 18.2 Å². The van der Waals surface area contributed by atoms with Crippen LogP contribution >= 0.6 is 0 Å². The van der Waals surface area contributed by atoms with E-state index < -0.39 is 0 Å². The molecule has 2 N–H and O–H groups in total. The van der Waals surface area contributed by atoms with Gasteiger partial charge < -0.3 is 10.4 Å². The highest BCUT2D eigenvalue weighted by Crippen LogP contribution is 2.25. The number of nitrogens with one attached hydrogen (secondary N) is 1. The fraction of sp³-hybridized carbons (Fsp3) is 0.600. The summed E-state index contributed by atoms with van der Waals surface area (Å²) >= 11 is 0. The topological polar surface area (TPSA) is 32.3 Å². The first kappa shape index (κ1) is 13.5. The molecule has 1 aliphatic carbocycles. The van der Waals surface area contributed by atoms with Crippen molar-refractivity contribution in [2.75, 3.05) is 6.54 Å². The van der Waals surface area contributed by atoms with Gasteiger partial charge >= 0.3 is 0 Å². The lowest BCUT2D eigenvalue weighted by atomic mass is 10.0. The van der Waals surface area contributed by atoms with E-state index in [4.69, 9.17) is 0 Å². The van der Waals surface area contributed by atoms with Gasteiger partial charge in [0.2, 0.25) is 0 Å². The molecule has 1 aromatic rings. The van der Waals surface area contributed by atoms with Gasteiger partial charge in [-0.1, -0.05) is 12.1 Å². The largest absolute Gasteiger partial charge is 0.393 e. The SMILES string of the molecule is Cc1ccc(C(C)NCC2CCC(O)C2)cc1F. The summed E-state index contributed by atoms with van der Waals surface area (Å²) in [5.41, 5.74) is 1.67. The van der Waals surface area contributed by atoms with Crippen molar-refractivity contribution in [3.05, 3.63) is 35.1 Å². The summed E-state index contributed by atoms with van der Waals surface area (Å²) in [6.07, 6.45) is 2.77. The highest BCUT2D eigenvalue weighted by molar-refractivity contribution is 5.25. The molecule has 2 rings (SSSR count). The third-order valence-electron chi connectivity index (χ3n) is 3.92. The molecule has 0 saturated heterocycles. The number of aliphatic hydroxyl groups is 1. The minimum Gasteiger partial charge on any atom is -0.393 e. The maximum Gasteiger partial charge on any atom is 0.126 e. The first-order valence-corrected chi connectivity index (χ1v) is 6.73. The molecule has 1 aromatic carbocycles. The molecule has 0 aromatic heterocycles. The maximum atomic E-state index is 13.5. The zero-order chi connectivity index (χ0) is 13.1. The second-order valence-corrected chi connectivity index (χ2v) is 5.47. The van der Waals surface area contributed by atoms with Crippen molar-refractivity contribution in [2.45, 2.75) is 45.3 Å². The Hall–Kier alpha value is -0.930. The monoisotopic (exact) mass is 251 g/mol. The molecule has 100 valence electrons. The van der Waals surface area contributed by atoms with Crippen LogP contribution in [0.25, 0.3) is 0 Å². The molecule has 1 saturated carbocycles. The predicted molar refractivity (Wildman–Crippen MR) is 70.9 cm³/mol. The standard InChI is InChI=1S/C15H22FNO/c1-10-3-5-13(8-15(10)16)11(2)17-9-12-4-6-14(18)7-12/h3,5,8,11-12,14,17-18H,4,6-7,9H2,1-2H3. The highest BCUT2D eigenvalue weighted by atomic mass is 19.1. The van der Waals surface area contributed by atoms with Crippen LogP contribution in [0.1, 0.15) is 43.4 Å². The molecule has 3 heteroatoms. The van der Waals surface area contributed by atoms with E-state index in [-0.39, 0.29) is 18.0 Å². The van der Waals surface area contributed by atoms with Crippen molar-refractivity contribution in [1.82, 2.24) is 5.32 Å². The van der Waals surface area contributed by atoms with Gasteiger partial charge in [0.1, 0.15) is 5.82 Å². The average Bonchev–Trinajstić information content (AvgIpc) is 2.75. The Morgan fingerprint density at radius 3 is 2.83 bits per heavy atom. The quantitative estimate of drug-likeness (QED) is 0.862. The number of halogens is 1.